The van der Waals surface area contributed by atoms with Crippen LogP contribution >= 0.6 is 34.2 Å². The number of hydrogen-bond donors (Lipinski definition) is 0. The third-order valence-electron chi connectivity index (χ3n) is 16.5. The minimum Gasteiger partial charge on any atom is -0.490 e. The lowest BCUT2D eigenvalue weighted by Gasteiger charge is -2.21. The Morgan fingerprint density at radius 2 is 0.787 bits per heavy atom. The highest BCUT2D eigenvalue weighted by molar-refractivity contribution is 7.17. The topological polar surface area (TPSA) is 326 Å². The van der Waals surface area contributed by atoms with E-state index < -0.39 is 0 Å². The number of oxazole rings is 1. The summed E-state index contributed by atoms with van der Waals surface area (Å²) in [5, 5.41) is 22.3. The second-order valence-corrected chi connectivity index (χ2v) is 42.3. The SMILES string of the molecule is CC(C)(C)Oc1ccccc1.CC(C)(C)Oc1ccnc2cnoc12.CC(C)(C)Oc1ccnc2ocnc12.CC(C)(C)Oc1ccnc2sccc12.CC(C)(C)Oc1nccc2cnoc12.CC(C)(C)Oc1nccc2occc12.CC(C)(C)Oc1nccc2sccc12.CC(C)(C)Oc1noc2ccccc12.CC(C)(C)Oc1nsc2ccccc12.CC(C)Oc1ccnc2occc12. The van der Waals surface area contributed by atoms with E-state index in [1.165, 1.54) is 27.3 Å². The van der Waals surface area contributed by atoms with Gasteiger partial charge < -0.3 is 74.2 Å². The lowest BCUT2D eigenvalue weighted by Crippen LogP contribution is -2.23. The third kappa shape index (κ3) is 34.4. The Morgan fingerprint density at radius 1 is 0.309 bits per heavy atom. The van der Waals surface area contributed by atoms with E-state index in [-0.39, 0.29) is 56.5 Å². The molecule has 0 N–H and O–H groups in total. The number of furan rings is 2. The summed E-state index contributed by atoms with van der Waals surface area (Å²) in [6.45, 7) is 58.1. The zero-order valence-electron chi connectivity index (χ0n) is 83.1. The number of ether oxygens (including phenoxy) is 10. The van der Waals surface area contributed by atoms with Crippen molar-refractivity contribution in [2.45, 2.75) is 257 Å². The zero-order valence-corrected chi connectivity index (χ0v) is 85.6. The summed E-state index contributed by atoms with van der Waals surface area (Å²) in [5.41, 5.74) is 3.38. The fourth-order valence-electron chi connectivity index (χ4n) is 11.7. The van der Waals surface area contributed by atoms with Crippen LogP contribution in [0, 0.1) is 0 Å². The van der Waals surface area contributed by atoms with Crippen LogP contribution in [-0.2, 0) is 0 Å². The fraction of sp³-hybridized carbons (Fsp3) is 0.371. The highest BCUT2D eigenvalue weighted by Crippen LogP contribution is 2.37. The molecule has 19 rings (SSSR count). The van der Waals surface area contributed by atoms with Crippen molar-refractivity contribution >= 4 is 131 Å². The first-order chi connectivity index (χ1) is 63.8. The summed E-state index contributed by atoms with van der Waals surface area (Å²) < 4.78 is 94.3. The van der Waals surface area contributed by atoms with E-state index in [4.69, 9.17) is 74.2 Å². The van der Waals surface area contributed by atoms with Crippen LogP contribution in [0.4, 0.5) is 0 Å². The molecule has 0 aliphatic heterocycles. The van der Waals surface area contributed by atoms with Crippen molar-refractivity contribution in [3.63, 3.8) is 0 Å². The Bertz CT molecular complexity index is 6090. The second-order valence-electron chi connectivity index (χ2n) is 39.7. The van der Waals surface area contributed by atoms with E-state index in [0.29, 0.717) is 62.8 Å². The maximum absolute atomic E-state index is 5.84. The number of benzene rings is 3. The molecule has 3 aromatic carbocycles. The maximum atomic E-state index is 5.84. The van der Waals surface area contributed by atoms with E-state index in [2.05, 4.69) is 71.2 Å². The van der Waals surface area contributed by atoms with Crippen LogP contribution in [-0.4, -0.2) is 116 Å². The van der Waals surface area contributed by atoms with Gasteiger partial charge in [0, 0.05) is 65.6 Å². The van der Waals surface area contributed by atoms with Gasteiger partial charge in [0.1, 0.15) is 83.6 Å². The van der Waals surface area contributed by atoms with Crippen LogP contribution < -0.4 is 47.4 Å². The predicted molar refractivity (Wildman–Crippen MR) is 542 cm³/mol. The van der Waals surface area contributed by atoms with Crippen LogP contribution in [0.25, 0.3) is 96.7 Å². The number of thiophene rings is 2. The number of nitrogens with zero attached hydrogens (tertiary/aromatic N) is 12. The molecule has 16 heterocycles. The highest BCUT2D eigenvalue weighted by Gasteiger charge is 2.24. The van der Waals surface area contributed by atoms with Crippen LogP contribution in [0.1, 0.15) is 201 Å². The Balaban J connectivity index is 0.000000156. The number of aromatic nitrogens is 12. The van der Waals surface area contributed by atoms with Crippen molar-refractivity contribution in [2.75, 3.05) is 0 Å². The molecule has 0 radical (unpaired) electrons. The van der Waals surface area contributed by atoms with Gasteiger partial charge in [-0.1, -0.05) is 52.8 Å². The number of fused-ring (bicyclic) bond motifs is 9. The van der Waals surface area contributed by atoms with Crippen molar-refractivity contribution in [3.8, 4) is 58.1 Å². The van der Waals surface area contributed by atoms with E-state index in [9.17, 15) is 0 Å². The minimum absolute atomic E-state index is 0.0959. The molecule has 31 heteroatoms. The Labute approximate surface area is 806 Å². The number of hydrogen-bond acceptors (Lipinski definition) is 31. The maximum Gasteiger partial charge on any atom is 0.262 e. The van der Waals surface area contributed by atoms with E-state index >= 15 is 0 Å². The molecule has 0 atom stereocenters. The average Bonchev–Trinajstić information content (AvgIpc) is 1.65. The molecule has 0 aliphatic rings. The normalized spacial score (nSPS) is 11.8. The van der Waals surface area contributed by atoms with Crippen LogP contribution in [0.3, 0.4) is 0 Å². The molecular weight excluding hydrogens is 1780 g/mol. The van der Waals surface area contributed by atoms with Gasteiger partial charge in [0.05, 0.1) is 68.0 Å². The van der Waals surface area contributed by atoms with Crippen molar-refractivity contribution in [1.82, 2.24) is 59.7 Å². The summed E-state index contributed by atoms with van der Waals surface area (Å²) in [6.07, 6.45) is 20.0. The van der Waals surface area contributed by atoms with Gasteiger partial charge in [0.25, 0.3) is 17.5 Å². The predicted octanol–water partition coefficient (Wildman–Crippen LogP) is 29.1. The molecule has 0 saturated heterocycles. The van der Waals surface area contributed by atoms with E-state index in [1.54, 1.807) is 103 Å². The first-order valence-corrected chi connectivity index (χ1v) is 46.9. The van der Waals surface area contributed by atoms with Crippen LogP contribution in [0.2, 0.25) is 0 Å². The standard InChI is InChI=1S/2C11H13NO2.3C11H13NOS.3C10H12N2O2.C10H11NO2.C10H14O/c1-11(2,3)14-10-8-5-7-13-9(8)4-6-12-10;1-11(2,3)13-10-8-6-4-5-7-9(8)14-12-10;1-11(2,3)13-10-8-5-7-14-9(8)4-6-12-10;1-11(2,3)13-9-4-6-12-10-8(9)5-7-14-10;1-11(2,3)13-10-8-6-4-5-7-9(8)14-12-10;1-10(2,3)13-8-4-5-11-7-6-12-14-9(7)8;1-10(2,3)14-7-4-5-11-9-8(7)12-6-13-9;1-10(2,3)13-9-8-7(4-5-11-9)6-12-14-8;1-7(2)13-9-3-5-11-10-8(9)4-6-12-10;1-10(2,3)11-9-7-5-4-6-8-9/h5*4-7H,1-3H3;3*4-6H,1-3H3;3-7H,1-2H3;4-8H,1-3H3. The van der Waals surface area contributed by atoms with Gasteiger partial charge in [0.15, 0.2) is 29.0 Å². The smallest absolute Gasteiger partial charge is 0.262 e. The van der Waals surface area contributed by atoms with E-state index in [0.717, 1.165) is 82.7 Å². The minimum atomic E-state index is -0.284. The van der Waals surface area contributed by atoms with Gasteiger partial charge in [-0.2, -0.15) is 4.37 Å². The van der Waals surface area contributed by atoms with Crippen LogP contribution in [0.15, 0.2) is 258 Å². The molecule has 19 aromatic rings. The van der Waals surface area contributed by atoms with Gasteiger partial charge in [-0.05, 0) is 319 Å². The number of rotatable bonds is 11. The van der Waals surface area contributed by atoms with Gasteiger partial charge >= 0.3 is 0 Å². The van der Waals surface area contributed by atoms with Crippen molar-refractivity contribution < 1.29 is 74.2 Å². The Hall–Kier alpha value is -13.5. The summed E-state index contributed by atoms with van der Waals surface area (Å²) in [6, 6.07) is 46.5. The molecule has 28 nitrogen and oxygen atoms in total. The zero-order chi connectivity index (χ0) is 99.0. The molecule has 720 valence electrons. The van der Waals surface area contributed by atoms with Gasteiger partial charge in [-0.15, -0.1) is 22.7 Å². The van der Waals surface area contributed by atoms with Crippen LogP contribution in [0.5, 0.6) is 58.1 Å². The molecule has 0 aliphatic carbocycles. The average molecular weight is 1910 g/mol. The summed E-state index contributed by atoms with van der Waals surface area (Å²) in [5.74, 6) is 7.23. The molecule has 136 heavy (non-hydrogen) atoms. The number of pyridine rings is 7. The quantitative estimate of drug-likeness (QED) is 0.116. The Morgan fingerprint density at radius 3 is 1.46 bits per heavy atom. The lowest BCUT2D eigenvalue weighted by atomic mass is 10.2. The summed E-state index contributed by atoms with van der Waals surface area (Å²) >= 11 is 4.82. The van der Waals surface area contributed by atoms with Gasteiger partial charge in [-0.25, -0.2) is 34.9 Å². The first-order valence-electron chi connectivity index (χ1n) is 44.3. The van der Waals surface area contributed by atoms with Crippen molar-refractivity contribution in [1.29, 1.82) is 0 Å². The van der Waals surface area contributed by atoms with Gasteiger partial charge in [0.2, 0.25) is 34.5 Å². The molecule has 0 bridgehead atoms. The molecule has 16 aromatic heterocycles. The molecule has 0 unspecified atom stereocenters. The van der Waals surface area contributed by atoms with E-state index in [1.807, 2.05) is 334 Å². The van der Waals surface area contributed by atoms with Gasteiger partial charge in [-0.3, -0.25) is 4.98 Å². The highest BCUT2D eigenvalue weighted by atomic mass is 32.1. The monoisotopic (exact) mass is 1910 g/mol. The largest absolute Gasteiger partial charge is 0.490 e. The second kappa shape index (κ2) is 45.7. The number of para-hydroxylation sites is 2. The Kier molecular flexibility index (Phi) is 35.1. The van der Waals surface area contributed by atoms with Crippen molar-refractivity contribution in [3.05, 3.63) is 231 Å². The molecular formula is C105H126N12O16S3. The third-order valence-corrected chi connectivity index (χ3v) is 19.0. The summed E-state index contributed by atoms with van der Waals surface area (Å²) in [7, 11) is 0. The van der Waals surface area contributed by atoms with Crippen molar-refractivity contribution in [2.24, 2.45) is 0 Å². The lowest BCUT2D eigenvalue weighted by molar-refractivity contribution is 0.119. The molecule has 0 spiro atoms. The fourth-order valence-corrected chi connectivity index (χ4v) is 14.0. The molecule has 0 saturated carbocycles. The first kappa shape index (κ1) is 105. The summed E-state index contributed by atoms with van der Waals surface area (Å²) in [4.78, 5) is 34.1. The molecule has 0 fully saturated rings. The molecule has 0 amide bonds.